The molecule has 2 amide bonds. The molecule has 2 aromatic rings. The molecule has 35 heavy (non-hydrogen) atoms. The van der Waals surface area contributed by atoms with Crippen molar-refractivity contribution in [3.05, 3.63) is 58.6 Å². The van der Waals surface area contributed by atoms with E-state index in [-0.39, 0.29) is 6.54 Å². The third-order valence-electron chi connectivity index (χ3n) is 5.15. The Hall–Kier alpha value is -2.99. The van der Waals surface area contributed by atoms with Crippen LogP contribution in [0, 0.1) is 0 Å². The van der Waals surface area contributed by atoms with Crippen molar-refractivity contribution >= 4 is 39.1 Å². The second-order valence-electron chi connectivity index (χ2n) is 7.59. The van der Waals surface area contributed by atoms with Crippen LogP contribution < -0.4 is 14.4 Å². The van der Waals surface area contributed by atoms with Gasteiger partial charge in [-0.15, -0.1) is 0 Å². The van der Waals surface area contributed by atoms with Crippen molar-refractivity contribution in [2.24, 2.45) is 0 Å². The van der Waals surface area contributed by atoms with Gasteiger partial charge in [0.2, 0.25) is 21.8 Å². The smallest absolute Gasteiger partial charge is 0.417 e. The number of hydrogen-bond acceptors (Lipinski definition) is 5. The summed E-state index contributed by atoms with van der Waals surface area (Å²) in [6, 6.07) is 8.17. The highest BCUT2D eigenvalue weighted by molar-refractivity contribution is 7.92. The van der Waals surface area contributed by atoms with Gasteiger partial charge in [-0.1, -0.05) is 23.7 Å². The van der Waals surface area contributed by atoms with E-state index < -0.39 is 56.9 Å². The molecule has 1 atom stereocenters. The van der Waals surface area contributed by atoms with Crippen LogP contribution in [0.4, 0.5) is 18.9 Å². The Balaban J connectivity index is 2.45. The predicted molar refractivity (Wildman–Crippen MR) is 126 cm³/mol. The maximum Gasteiger partial charge on any atom is 0.417 e. The third-order valence-corrected chi connectivity index (χ3v) is 6.62. The number of hydrogen-bond donors (Lipinski definition) is 1. The maximum absolute atomic E-state index is 13.3. The van der Waals surface area contributed by atoms with Crippen LogP contribution in [-0.4, -0.2) is 58.1 Å². The predicted octanol–water partition coefficient (Wildman–Crippen LogP) is 3.30. The minimum atomic E-state index is -4.84. The van der Waals surface area contributed by atoms with Crippen molar-refractivity contribution in [3.63, 3.8) is 0 Å². The Kier molecular flexibility index (Phi) is 9.01. The summed E-state index contributed by atoms with van der Waals surface area (Å²) in [5.41, 5.74) is -1.02. The van der Waals surface area contributed by atoms with Gasteiger partial charge in [-0.3, -0.25) is 13.9 Å². The van der Waals surface area contributed by atoms with Crippen molar-refractivity contribution in [2.75, 3.05) is 31.3 Å². The number of nitrogens with zero attached hydrogens (tertiary/aromatic N) is 2. The van der Waals surface area contributed by atoms with E-state index >= 15 is 0 Å². The van der Waals surface area contributed by atoms with E-state index in [1.54, 1.807) is 24.3 Å². The summed E-state index contributed by atoms with van der Waals surface area (Å²) in [6.07, 6.45) is -4.08. The molecule has 0 radical (unpaired) electrons. The van der Waals surface area contributed by atoms with E-state index in [2.05, 4.69) is 5.32 Å². The number of rotatable bonds is 9. The van der Waals surface area contributed by atoms with E-state index in [1.165, 1.54) is 21.1 Å². The summed E-state index contributed by atoms with van der Waals surface area (Å²) in [5, 5.41) is 1.81. The van der Waals surface area contributed by atoms with Crippen LogP contribution in [0.15, 0.2) is 42.5 Å². The fourth-order valence-electron chi connectivity index (χ4n) is 3.22. The number of alkyl halides is 3. The Morgan fingerprint density at radius 1 is 1.14 bits per heavy atom. The first-order valence-corrected chi connectivity index (χ1v) is 12.4. The first kappa shape index (κ1) is 28.2. The minimum absolute atomic E-state index is 0.0660. The van der Waals surface area contributed by atoms with E-state index in [1.807, 2.05) is 0 Å². The first-order valence-electron chi connectivity index (χ1n) is 10.2. The van der Waals surface area contributed by atoms with Gasteiger partial charge in [-0.25, -0.2) is 8.42 Å². The lowest BCUT2D eigenvalue weighted by molar-refractivity contribution is -0.139. The van der Waals surface area contributed by atoms with Gasteiger partial charge in [0.05, 0.1) is 29.6 Å². The fraction of sp³-hybridized carbons (Fsp3) is 0.364. The molecule has 0 bridgehead atoms. The van der Waals surface area contributed by atoms with Gasteiger partial charge in [-0.2, -0.15) is 13.2 Å². The molecule has 0 aliphatic carbocycles. The Labute approximate surface area is 206 Å². The van der Waals surface area contributed by atoms with Crippen LogP contribution in [-0.2, 0) is 32.3 Å². The molecule has 0 aliphatic rings. The van der Waals surface area contributed by atoms with Gasteiger partial charge in [0.1, 0.15) is 18.3 Å². The van der Waals surface area contributed by atoms with E-state index in [0.717, 1.165) is 23.3 Å². The molecule has 2 aromatic carbocycles. The second-order valence-corrected chi connectivity index (χ2v) is 9.91. The molecule has 1 N–H and O–H groups in total. The number of anilines is 1. The molecule has 0 saturated heterocycles. The number of benzene rings is 2. The highest BCUT2D eigenvalue weighted by Gasteiger charge is 2.35. The number of amides is 2. The molecule has 0 saturated carbocycles. The highest BCUT2D eigenvalue weighted by atomic mass is 35.5. The number of methoxy groups -OCH3 is 1. The van der Waals surface area contributed by atoms with Crippen molar-refractivity contribution in [1.82, 2.24) is 10.2 Å². The third kappa shape index (κ3) is 7.25. The number of ether oxygens (including phenoxy) is 1. The molecular weight excluding hydrogens is 511 g/mol. The lowest BCUT2D eigenvalue weighted by atomic mass is 10.1. The second kappa shape index (κ2) is 11.2. The molecule has 0 unspecified atom stereocenters. The highest BCUT2D eigenvalue weighted by Crippen LogP contribution is 2.37. The van der Waals surface area contributed by atoms with Crippen LogP contribution >= 0.6 is 11.6 Å². The van der Waals surface area contributed by atoms with Crippen LogP contribution in [0.5, 0.6) is 5.75 Å². The van der Waals surface area contributed by atoms with Gasteiger partial charge in [0.25, 0.3) is 0 Å². The van der Waals surface area contributed by atoms with Gasteiger partial charge >= 0.3 is 6.18 Å². The zero-order chi connectivity index (χ0) is 26.6. The average molecular weight is 536 g/mol. The number of sulfonamides is 1. The lowest BCUT2D eigenvalue weighted by Gasteiger charge is -2.31. The summed E-state index contributed by atoms with van der Waals surface area (Å²) in [4.78, 5) is 26.7. The van der Waals surface area contributed by atoms with Crippen LogP contribution in [0.3, 0.4) is 0 Å². The largest absolute Gasteiger partial charge is 0.497 e. The summed E-state index contributed by atoms with van der Waals surface area (Å²) >= 11 is 5.64. The Bertz CT molecular complexity index is 1170. The number of nitrogens with one attached hydrogen (secondary N) is 1. The summed E-state index contributed by atoms with van der Waals surface area (Å²) in [5.74, 6) is -0.744. The SMILES string of the molecule is CNC(=O)[C@H](C)N(Cc1ccc(OC)cc1)C(=O)CN(c1ccc(Cl)c(C(F)(F)F)c1)S(C)(=O)=O. The van der Waals surface area contributed by atoms with Gasteiger partial charge in [-0.05, 0) is 42.8 Å². The Morgan fingerprint density at radius 2 is 1.74 bits per heavy atom. The molecule has 0 aliphatic heterocycles. The molecule has 13 heteroatoms. The topological polar surface area (TPSA) is 96.0 Å². The summed E-state index contributed by atoms with van der Waals surface area (Å²) in [7, 11) is -1.33. The molecule has 8 nitrogen and oxygen atoms in total. The Morgan fingerprint density at radius 3 is 2.23 bits per heavy atom. The molecule has 192 valence electrons. The summed E-state index contributed by atoms with van der Waals surface area (Å²) < 4.78 is 70.6. The molecule has 2 rings (SSSR count). The normalized spacial score (nSPS) is 12.6. The zero-order valence-electron chi connectivity index (χ0n) is 19.4. The van der Waals surface area contributed by atoms with E-state index in [0.29, 0.717) is 21.7 Å². The minimum Gasteiger partial charge on any atom is -0.497 e. The first-order chi connectivity index (χ1) is 16.2. The quantitative estimate of drug-likeness (QED) is 0.531. The van der Waals surface area contributed by atoms with Crippen molar-refractivity contribution in [3.8, 4) is 5.75 Å². The molecular formula is C22H25ClF3N3O5S. The van der Waals surface area contributed by atoms with Gasteiger partial charge < -0.3 is 15.0 Å². The molecule has 0 heterocycles. The van der Waals surface area contributed by atoms with Crippen LogP contribution in [0.1, 0.15) is 18.1 Å². The standard InChI is InChI=1S/C22H25ClF3N3O5S/c1-14(21(31)27-2)28(12-15-5-8-17(34-3)9-6-15)20(30)13-29(35(4,32)33)16-7-10-19(23)18(11-16)22(24,25)26/h5-11,14H,12-13H2,1-4H3,(H,27,31)/t14-/m0/s1. The molecule has 0 spiro atoms. The summed E-state index contributed by atoms with van der Waals surface area (Å²) in [6.45, 7) is 0.549. The number of halogens is 4. The van der Waals surface area contributed by atoms with Crippen molar-refractivity contribution in [1.29, 1.82) is 0 Å². The van der Waals surface area contributed by atoms with Crippen LogP contribution in [0.2, 0.25) is 5.02 Å². The van der Waals surface area contributed by atoms with E-state index in [4.69, 9.17) is 16.3 Å². The van der Waals surface area contributed by atoms with Crippen LogP contribution in [0.25, 0.3) is 0 Å². The van der Waals surface area contributed by atoms with E-state index in [9.17, 15) is 31.2 Å². The lowest BCUT2D eigenvalue weighted by Crippen LogP contribution is -2.50. The number of carbonyl (C=O) groups excluding carboxylic acids is 2. The zero-order valence-corrected chi connectivity index (χ0v) is 21.0. The number of likely N-dealkylation sites (N-methyl/N-ethyl adjacent to an activating group) is 1. The van der Waals surface area contributed by atoms with Crippen molar-refractivity contribution < 1.29 is 35.9 Å². The average Bonchev–Trinajstić information content (AvgIpc) is 2.79. The number of carbonyl (C=O) groups is 2. The van der Waals surface area contributed by atoms with Gasteiger partial charge in [0.15, 0.2) is 0 Å². The fourth-order valence-corrected chi connectivity index (χ4v) is 4.28. The molecule has 0 aromatic heterocycles. The maximum atomic E-state index is 13.3. The van der Waals surface area contributed by atoms with Crippen molar-refractivity contribution in [2.45, 2.75) is 25.7 Å². The monoisotopic (exact) mass is 535 g/mol. The molecule has 0 fully saturated rings. The van der Waals surface area contributed by atoms with Gasteiger partial charge in [0, 0.05) is 13.6 Å².